The minimum atomic E-state index is -3.10. The highest BCUT2D eigenvalue weighted by Gasteiger charge is 2.12. The van der Waals surface area contributed by atoms with Gasteiger partial charge in [-0.3, -0.25) is 0 Å². The van der Waals surface area contributed by atoms with Crippen LogP contribution in [0.3, 0.4) is 0 Å². The third kappa shape index (κ3) is 4.86. The largest absolute Gasteiger partial charge is 0.376 e. The molecule has 0 amide bonds. The number of sulfone groups is 1. The molecule has 1 saturated heterocycles. The van der Waals surface area contributed by atoms with E-state index in [9.17, 15) is 8.42 Å². The van der Waals surface area contributed by atoms with Crippen molar-refractivity contribution in [2.24, 2.45) is 0 Å². The van der Waals surface area contributed by atoms with Crippen LogP contribution in [-0.4, -0.2) is 47.0 Å². The van der Waals surface area contributed by atoms with Crippen LogP contribution in [0.5, 0.6) is 0 Å². The van der Waals surface area contributed by atoms with Crippen molar-refractivity contribution < 1.29 is 13.2 Å². The first-order valence-corrected chi connectivity index (χ1v) is 8.77. The highest BCUT2D eigenvalue weighted by atomic mass is 32.2. The smallest absolute Gasteiger partial charge is 0.175 e. The fourth-order valence-electron chi connectivity index (χ4n) is 2.16. The van der Waals surface area contributed by atoms with Crippen LogP contribution in [0, 0.1) is 0 Å². The standard InChI is InChI=1S/C14H22N2O3S/c1-20(17,18)14-4-2-12(3-5-14)10-15-7-6-13-11-16-8-9-19-13/h2-5,13,15-16H,6-11H2,1H3. The predicted molar refractivity (Wildman–Crippen MR) is 78.5 cm³/mol. The molecule has 0 aromatic heterocycles. The summed E-state index contributed by atoms with van der Waals surface area (Å²) < 4.78 is 28.3. The molecule has 5 nitrogen and oxygen atoms in total. The summed E-state index contributed by atoms with van der Waals surface area (Å²) >= 11 is 0. The van der Waals surface area contributed by atoms with Crippen LogP contribution in [0.25, 0.3) is 0 Å². The summed E-state index contributed by atoms with van der Waals surface area (Å²) in [6, 6.07) is 7.01. The molecule has 1 heterocycles. The Morgan fingerprint density at radius 2 is 2.10 bits per heavy atom. The number of hydrogen-bond donors (Lipinski definition) is 2. The van der Waals surface area contributed by atoms with Crippen LogP contribution in [-0.2, 0) is 21.1 Å². The van der Waals surface area contributed by atoms with Crippen molar-refractivity contribution in [3.8, 4) is 0 Å². The Labute approximate surface area is 120 Å². The third-order valence-corrected chi connectivity index (χ3v) is 4.46. The monoisotopic (exact) mass is 298 g/mol. The molecular weight excluding hydrogens is 276 g/mol. The Morgan fingerprint density at radius 1 is 1.35 bits per heavy atom. The van der Waals surface area contributed by atoms with Gasteiger partial charge in [0.15, 0.2) is 9.84 Å². The van der Waals surface area contributed by atoms with Gasteiger partial charge in [0.2, 0.25) is 0 Å². The molecule has 1 fully saturated rings. The molecule has 1 aliphatic rings. The Bertz CT molecular complexity index is 508. The van der Waals surface area contributed by atoms with Crippen molar-refractivity contribution in [2.75, 3.05) is 32.5 Å². The lowest BCUT2D eigenvalue weighted by Crippen LogP contribution is -2.39. The Kier molecular flexibility index (Phi) is 5.54. The van der Waals surface area contributed by atoms with E-state index in [1.54, 1.807) is 12.1 Å². The van der Waals surface area contributed by atoms with Crippen LogP contribution >= 0.6 is 0 Å². The van der Waals surface area contributed by atoms with Crippen LogP contribution < -0.4 is 10.6 Å². The second-order valence-electron chi connectivity index (χ2n) is 5.08. The summed E-state index contributed by atoms with van der Waals surface area (Å²) in [6.45, 7) is 4.28. The average molecular weight is 298 g/mol. The van der Waals surface area contributed by atoms with Crippen LogP contribution in [0.15, 0.2) is 29.2 Å². The van der Waals surface area contributed by atoms with E-state index in [0.29, 0.717) is 11.0 Å². The van der Waals surface area contributed by atoms with Crippen molar-refractivity contribution in [1.29, 1.82) is 0 Å². The van der Waals surface area contributed by atoms with Gasteiger partial charge in [0, 0.05) is 25.9 Å². The fourth-order valence-corrected chi connectivity index (χ4v) is 2.79. The number of nitrogens with one attached hydrogen (secondary N) is 2. The Balaban J connectivity index is 1.71. The molecule has 0 saturated carbocycles. The van der Waals surface area contributed by atoms with Gasteiger partial charge in [-0.2, -0.15) is 0 Å². The highest BCUT2D eigenvalue weighted by Crippen LogP contribution is 2.10. The van der Waals surface area contributed by atoms with Crippen molar-refractivity contribution in [2.45, 2.75) is 24.0 Å². The Hall–Kier alpha value is -0.950. The maximum Gasteiger partial charge on any atom is 0.175 e. The molecule has 1 aromatic carbocycles. The van der Waals surface area contributed by atoms with E-state index in [-0.39, 0.29) is 0 Å². The second kappa shape index (κ2) is 7.17. The average Bonchev–Trinajstić information content (AvgIpc) is 2.44. The molecule has 6 heteroatoms. The molecule has 0 spiro atoms. The molecule has 1 unspecified atom stereocenters. The fraction of sp³-hybridized carbons (Fsp3) is 0.571. The van der Waals surface area contributed by atoms with Crippen molar-refractivity contribution in [1.82, 2.24) is 10.6 Å². The van der Waals surface area contributed by atoms with E-state index in [4.69, 9.17) is 4.74 Å². The lowest BCUT2D eigenvalue weighted by atomic mass is 10.2. The van der Waals surface area contributed by atoms with Crippen LogP contribution in [0.4, 0.5) is 0 Å². The normalized spacial score (nSPS) is 19.9. The van der Waals surface area contributed by atoms with E-state index in [2.05, 4.69) is 10.6 Å². The second-order valence-corrected chi connectivity index (χ2v) is 7.09. The lowest BCUT2D eigenvalue weighted by molar-refractivity contribution is 0.0238. The first kappa shape index (κ1) is 15.4. The van der Waals surface area contributed by atoms with Gasteiger partial charge < -0.3 is 15.4 Å². The van der Waals surface area contributed by atoms with E-state index in [0.717, 1.165) is 44.8 Å². The predicted octanol–water partition coefficient (Wildman–Crippen LogP) is 0.558. The van der Waals surface area contributed by atoms with Gasteiger partial charge in [0.1, 0.15) is 0 Å². The van der Waals surface area contributed by atoms with E-state index in [1.807, 2.05) is 12.1 Å². The molecule has 1 aliphatic heterocycles. The molecule has 2 rings (SSSR count). The number of hydrogen-bond acceptors (Lipinski definition) is 5. The molecule has 1 aromatic rings. The molecule has 2 N–H and O–H groups in total. The number of rotatable bonds is 6. The summed E-state index contributed by atoms with van der Waals surface area (Å²) in [5.41, 5.74) is 1.08. The number of morpholine rings is 1. The highest BCUT2D eigenvalue weighted by molar-refractivity contribution is 7.90. The summed E-state index contributed by atoms with van der Waals surface area (Å²) in [6.07, 6.45) is 2.50. The zero-order valence-electron chi connectivity index (χ0n) is 11.8. The van der Waals surface area contributed by atoms with E-state index < -0.39 is 9.84 Å². The minimum Gasteiger partial charge on any atom is -0.376 e. The van der Waals surface area contributed by atoms with Gasteiger partial charge in [-0.1, -0.05) is 12.1 Å². The first-order valence-electron chi connectivity index (χ1n) is 6.88. The maximum absolute atomic E-state index is 11.3. The third-order valence-electron chi connectivity index (χ3n) is 3.33. The molecule has 0 radical (unpaired) electrons. The van der Waals surface area contributed by atoms with Gasteiger partial charge in [0.25, 0.3) is 0 Å². The summed E-state index contributed by atoms with van der Waals surface area (Å²) in [5.74, 6) is 0. The zero-order valence-corrected chi connectivity index (χ0v) is 12.6. The topological polar surface area (TPSA) is 67.4 Å². The summed E-state index contributed by atoms with van der Waals surface area (Å²) in [4.78, 5) is 0.364. The minimum absolute atomic E-state index is 0.295. The van der Waals surface area contributed by atoms with Crippen molar-refractivity contribution in [3.63, 3.8) is 0 Å². The number of benzene rings is 1. The molecule has 1 atom stereocenters. The first-order chi connectivity index (χ1) is 9.55. The van der Waals surface area contributed by atoms with Gasteiger partial charge in [-0.15, -0.1) is 0 Å². The zero-order chi connectivity index (χ0) is 14.4. The molecule has 0 aliphatic carbocycles. The summed E-state index contributed by atoms with van der Waals surface area (Å²) in [5, 5.41) is 6.65. The van der Waals surface area contributed by atoms with Crippen LogP contribution in [0.2, 0.25) is 0 Å². The molecule has 112 valence electrons. The molecule has 20 heavy (non-hydrogen) atoms. The SMILES string of the molecule is CS(=O)(=O)c1ccc(CNCCC2CNCCO2)cc1. The van der Waals surface area contributed by atoms with Crippen molar-refractivity contribution >= 4 is 9.84 Å². The van der Waals surface area contributed by atoms with E-state index >= 15 is 0 Å². The quantitative estimate of drug-likeness (QED) is 0.751. The van der Waals surface area contributed by atoms with Gasteiger partial charge in [0.05, 0.1) is 17.6 Å². The maximum atomic E-state index is 11.3. The van der Waals surface area contributed by atoms with Gasteiger partial charge in [-0.05, 0) is 30.7 Å². The molecular formula is C14H22N2O3S. The van der Waals surface area contributed by atoms with Gasteiger partial charge in [-0.25, -0.2) is 8.42 Å². The number of ether oxygens (including phenoxy) is 1. The van der Waals surface area contributed by atoms with Crippen LogP contribution in [0.1, 0.15) is 12.0 Å². The molecule has 0 bridgehead atoms. The van der Waals surface area contributed by atoms with Crippen molar-refractivity contribution in [3.05, 3.63) is 29.8 Å². The van der Waals surface area contributed by atoms with E-state index in [1.165, 1.54) is 6.26 Å². The lowest BCUT2D eigenvalue weighted by Gasteiger charge is -2.23. The Morgan fingerprint density at radius 3 is 2.70 bits per heavy atom. The van der Waals surface area contributed by atoms with Gasteiger partial charge >= 0.3 is 0 Å². The summed E-state index contributed by atoms with van der Waals surface area (Å²) in [7, 11) is -3.10.